The zero-order chi connectivity index (χ0) is 13.7. The first-order valence-electron chi connectivity index (χ1n) is 6.45. The van der Waals surface area contributed by atoms with E-state index >= 15 is 0 Å². The zero-order valence-electron chi connectivity index (χ0n) is 11.3. The first kappa shape index (κ1) is 14.3. The Kier molecular flexibility index (Phi) is 4.76. The lowest BCUT2D eigenvalue weighted by Gasteiger charge is -2.31. The molecule has 0 radical (unpaired) electrons. The summed E-state index contributed by atoms with van der Waals surface area (Å²) in [5, 5.41) is 4.22. The lowest BCUT2D eigenvalue weighted by molar-refractivity contribution is -0.148. The average Bonchev–Trinajstić information content (AvgIpc) is 3.28. The minimum absolute atomic E-state index is 0.168. The molecule has 1 heterocycles. The van der Waals surface area contributed by atoms with Crippen LogP contribution in [0, 0.1) is 5.92 Å². The van der Waals surface area contributed by atoms with Crippen molar-refractivity contribution in [1.82, 2.24) is 15.3 Å². The highest BCUT2D eigenvalue weighted by Gasteiger charge is 2.51. The van der Waals surface area contributed by atoms with Crippen LogP contribution in [0.5, 0.6) is 0 Å². The molecule has 1 fully saturated rings. The average molecular weight is 281 g/mol. The lowest BCUT2D eigenvalue weighted by Crippen LogP contribution is -2.56. The van der Waals surface area contributed by atoms with Gasteiger partial charge in [-0.2, -0.15) is 0 Å². The molecular weight excluding hydrogens is 262 g/mol. The Hall–Kier alpha value is -1.14. The van der Waals surface area contributed by atoms with Gasteiger partial charge in [0.15, 0.2) is 0 Å². The van der Waals surface area contributed by atoms with Gasteiger partial charge in [0, 0.05) is 11.9 Å². The molecule has 0 aromatic carbocycles. The number of nitrogens with one attached hydrogen (secondary N) is 1. The fraction of sp³-hybridized carbons (Fsp3) is 0.615. The second kappa shape index (κ2) is 6.34. The molecule has 0 bridgehead atoms. The van der Waals surface area contributed by atoms with Crippen molar-refractivity contribution in [1.29, 1.82) is 0 Å². The first-order valence-corrected chi connectivity index (χ1v) is 7.43. The number of rotatable bonds is 7. The van der Waals surface area contributed by atoms with Gasteiger partial charge < -0.3 is 10.1 Å². The van der Waals surface area contributed by atoms with E-state index in [2.05, 4.69) is 15.3 Å². The van der Waals surface area contributed by atoms with Crippen molar-refractivity contribution in [3.8, 4) is 0 Å². The molecule has 19 heavy (non-hydrogen) atoms. The number of ether oxygens (including phenoxy) is 1. The smallest absolute Gasteiger partial charge is 0.327 e. The SMILES string of the molecule is CCNC(CSc1ccncn1)(C(=O)OC)C1CC1. The van der Waals surface area contributed by atoms with Gasteiger partial charge in [0.25, 0.3) is 0 Å². The third kappa shape index (κ3) is 3.25. The van der Waals surface area contributed by atoms with E-state index in [0.29, 0.717) is 11.7 Å². The normalized spacial score (nSPS) is 17.8. The van der Waals surface area contributed by atoms with E-state index in [1.165, 1.54) is 13.4 Å². The van der Waals surface area contributed by atoms with Crippen LogP contribution in [-0.4, -0.2) is 40.9 Å². The van der Waals surface area contributed by atoms with E-state index in [-0.39, 0.29) is 5.97 Å². The van der Waals surface area contributed by atoms with Crippen LogP contribution in [0.25, 0.3) is 0 Å². The summed E-state index contributed by atoms with van der Waals surface area (Å²) in [7, 11) is 1.45. The topological polar surface area (TPSA) is 64.1 Å². The molecule has 1 aromatic rings. The van der Waals surface area contributed by atoms with Crippen molar-refractivity contribution in [2.24, 2.45) is 5.92 Å². The molecule has 104 valence electrons. The summed E-state index contributed by atoms with van der Waals surface area (Å²) in [5.41, 5.74) is -0.584. The second-order valence-electron chi connectivity index (χ2n) is 4.60. The number of aromatic nitrogens is 2. The van der Waals surface area contributed by atoms with E-state index in [0.717, 1.165) is 24.4 Å². The number of esters is 1. The Morgan fingerprint density at radius 3 is 2.95 bits per heavy atom. The maximum Gasteiger partial charge on any atom is 0.327 e. The summed E-state index contributed by atoms with van der Waals surface area (Å²) in [6.07, 6.45) is 5.38. The van der Waals surface area contributed by atoms with Crippen molar-refractivity contribution >= 4 is 17.7 Å². The first-order chi connectivity index (χ1) is 9.23. The Morgan fingerprint density at radius 2 is 2.42 bits per heavy atom. The molecule has 2 rings (SSSR count). The molecule has 5 nitrogen and oxygen atoms in total. The Morgan fingerprint density at radius 1 is 1.63 bits per heavy atom. The Bertz CT molecular complexity index is 425. The molecular formula is C13H19N3O2S. The van der Waals surface area contributed by atoms with Crippen LogP contribution in [0.1, 0.15) is 19.8 Å². The molecule has 1 saturated carbocycles. The number of likely N-dealkylation sites (N-methyl/N-ethyl adjacent to an activating group) is 1. The third-order valence-corrected chi connectivity index (χ3v) is 4.46. The highest BCUT2D eigenvalue weighted by atomic mass is 32.2. The minimum atomic E-state index is -0.584. The number of carbonyl (C=O) groups excluding carboxylic acids is 1. The van der Waals surface area contributed by atoms with E-state index in [4.69, 9.17) is 4.74 Å². The van der Waals surface area contributed by atoms with Gasteiger partial charge >= 0.3 is 5.97 Å². The van der Waals surface area contributed by atoms with E-state index in [1.54, 1.807) is 18.0 Å². The summed E-state index contributed by atoms with van der Waals surface area (Å²) < 4.78 is 5.01. The molecule has 6 heteroatoms. The lowest BCUT2D eigenvalue weighted by atomic mass is 9.95. The van der Waals surface area contributed by atoms with E-state index in [1.807, 2.05) is 13.0 Å². The van der Waals surface area contributed by atoms with Gasteiger partial charge in [-0.15, -0.1) is 11.8 Å². The van der Waals surface area contributed by atoms with E-state index < -0.39 is 5.54 Å². The van der Waals surface area contributed by atoms with Gasteiger partial charge in [-0.25, -0.2) is 9.97 Å². The molecule has 1 aromatic heterocycles. The summed E-state index contributed by atoms with van der Waals surface area (Å²) in [4.78, 5) is 20.3. The fourth-order valence-corrected chi connectivity index (χ4v) is 3.35. The molecule has 1 atom stereocenters. The number of nitrogens with zero attached hydrogens (tertiary/aromatic N) is 2. The van der Waals surface area contributed by atoms with Gasteiger partial charge in [0.2, 0.25) is 0 Å². The highest BCUT2D eigenvalue weighted by molar-refractivity contribution is 7.99. The van der Waals surface area contributed by atoms with Crippen LogP contribution in [0.2, 0.25) is 0 Å². The van der Waals surface area contributed by atoms with Crippen LogP contribution < -0.4 is 5.32 Å². The van der Waals surface area contributed by atoms with E-state index in [9.17, 15) is 4.79 Å². The summed E-state index contributed by atoms with van der Waals surface area (Å²) in [6.45, 7) is 2.76. The molecule has 1 N–H and O–H groups in total. The maximum atomic E-state index is 12.2. The van der Waals surface area contributed by atoms with Crippen molar-refractivity contribution in [2.45, 2.75) is 30.3 Å². The van der Waals surface area contributed by atoms with Gasteiger partial charge in [0.05, 0.1) is 12.1 Å². The molecule has 1 unspecified atom stereocenters. The largest absolute Gasteiger partial charge is 0.468 e. The van der Waals surface area contributed by atoms with Gasteiger partial charge in [0.1, 0.15) is 11.9 Å². The number of thioether (sulfide) groups is 1. The maximum absolute atomic E-state index is 12.2. The zero-order valence-corrected chi connectivity index (χ0v) is 12.1. The molecule has 0 spiro atoms. The number of hydrogen-bond donors (Lipinski definition) is 1. The molecule has 1 aliphatic rings. The highest BCUT2D eigenvalue weighted by Crippen LogP contribution is 2.42. The summed E-state index contributed by atoms with van der Waals surface area (Å²) >= 11 is 1.56. The van der Waals surface area contributed by atoms with Crippen LogP contribution in [0.3, 0.4) is 0 Å². The van der Waals surface area contributed by atoms with Crippen LogP contribution in [0.4, 0.5) is 0 Å². The standard InChI is InChI=1S/C13H19N3O2S/c1-3-16-13(10-4-5-10,12(17)18-2)8-19-11-6-7-14-9-15-11/h6-7,9-10,16H,3-5,8H2,1-2H3. The predicted octanol–water partition coefficient (Wildman–Crippen LogP) is 1.50. The van der Waals surface area contributed by atoms with Crippen molar-refractivity contribution in [3.63, 3.8) is 0 Å². The van der Waals surface area contributed by atoms with Crippen molar-refractivity contribution in [3.05, 3.63) is 18.6 Å². The number of methoxy groups -OCH3 is 1. The number of carbonyl (C=O) groups is 1. The molecule has 0 amide bonds. The third-order valence-electron chi connectivity index (χ3n) is 3.32. The van der Waals surface area contributed by atoms with Crippen molar-refractivity contribution in [2.75, 3.05) is 19.4 Å². The van der Waals surface area contributed by atoms with Gasteiger partial charge in [-0.05, 0) is 31.4 Å². The monoisotopic (exact) mass is 281 g/mol. The van der Waals surface area contributed by atoms with Crippen molar-refractivity contribution < 1.29 is 9.53 Å². The Labute approximate surface area is 117 Å². The van der Waals surface area contributed by atoms with Crippen LogP contribution in [-0.2, 0) is 9.53 Å². The summed E-state index contributed by atoms with van der Waals surface area (Å²) in [5.74, 6) is 0.836. The Balaban J connectivity index is 2.10. The van der Waals surface area contributed by atoms with Gasteiger partial charge in [-0.1, -0.05) is 6.92 Å². The van der Waals surface area contributed by atoms with Gasteiger partial charge in [-0.3, -0.25) is 4.79 Å². The number of hydrogen-bond acceptors (Lipinski definition) is 6. The molecule has 0 saturated heterocycles. The quantitative estimate of drug-likeness (QED) is 0.464. The van der Waals surface area contributed by atoms with Crippen LogP contribution >= 0.6 is 11.8 Å². The summed E-state index contributed by atoms with van der Waals surface area (Å²) in [6, 6.07) is 1.85. The predicted molar refractivity (Wildman–Crippen MR) is 73.9 cm³/mol. The second-order valence-corrected chi connectivity index (χ2v) is 5.60. The fourth-order valence-electron chi connectivity index (χ4n) is 2.24. The molecule has 1 aliphatic carbocycles. The molecule has 0 aliphatic heterocycles. The minimum Gasteiger partial charge on any atom is -0.468 e. The van der Waals surface area contributed by atoms with Crippen LogP contribution in [0.15, 0.2) is 23.6 Å².